The van der Waals surface area contributed by atoms with E-state index in [9.17, 15) is 4.79 Å². The number of likely N-dealkylation sites (N-methyl/N-ethyl adjacent to an activating group) is 1. The van der Waals surface area contributed by atoms with Crippen LogP contribution in [0.25, 0.3) is 0 Å². The Balaban J connectivity index is 3.69. The maximum absolute atomic E-state index is 11.0. The van der Waals surface area contributed by atoms with Crippen LogP contribution in [0.2, 0.25) is 0 Å². The van der Waals surface area contributed by atoms with Crippen LogP contribution in [0.3, 0.4) is 0 Å². The molecule has 2 atom stereocenters. The quantitative estimate of drug-likeness (QED) is 0.621. The highest BCUT2D eigenvalue weighted by Crippen LogP contribution is 1.91. The van der Waals surface area contributed by atoms with Crippen molar-refractivity contribution in [2.75, 3.05) is 27.7 Å². The van der Waals surface area contributed by atoms with E-state index in [2.05, 4.69) is 21.9 Å². The number of ether oxygens (including phenoxy) is 1. The zero-order valence-electron chi connectivity index (χ0n) is 9.13. The lowest BCUT2D eigenvalue weighted by atomic mass is 10.2. The summed E-state index contributed by atoms with van der Waals surface area (Å²) in [5.74, 6) is -0.217. The van der Waals surface area contributed by atoms with E-state index in [1.165, 1.54) is 7.11 Å². The molecule has 0 aliphatic heterocycles. The van der Waals surface area contributed by atoms with Crippen LogP contribution in [0.1, 0.15) is 13.8 Å². The molecule has 0 rings (SSSR count). The lowest BCUT2D eigenvalue weighted by Crippen LogP contribution is -2.42. The molecule has 0 saturated heterocycles. The van der Waals surface area contributed by atoms with Gasteiger partial charge < -0.3 is 15.0 Å². The Morgan fingerprint density at radius 1 is 1.46 bits per heavy atom. The number of hydrogen-bond acceptors (Lipinski definition) is 4. The molecule has 0 aliphatic rings. The summed E-state index contributed by atoms with van der Waals surface area (Å²) in [4.78, 5) is 13.1. The predicted molar refractivity (Wildman–Crippen MR) is 52.6 cm³/mol. The Morgan fingerprint density at radius 3 is 2.38 bits per heavy atom. The summed E-state index contributed by atoms with van der Waals surface area (Å²) in [6, 6.07) is 0.180. The molecule has 0 heterocycles. The molecule has 1 N–H and O–H groups in total. The first-order valence-electron chi connectivity index (χ1n) is 4.46. The molecule has 0 radical (unpaired) electrons. The monoisotopic (exact) mass is 188 g/mol. The number of hydrogen-bond donors (Lipinski definition) is 1. The van der Waals surface area contributed by atoms with Gasteiger partial charge in [0.1, 0.15) is 6.04 Å². The van der Waals surface area contributed by atoms with Gasteiger partial charge in [0.2, 0.25) is 0 Å². The van der Waals surface area contributed by atoms with E-state index in [0.29, 0.717) is 6.04 Å². The molecule has 4 nitrogen and oxygen atoms in total. The summed E-state index contributed by atoms with van der Waals surface area (Å²) in [5.41, 5.74) is 0. The first-order valence-corrected chi connectivity index (χ1v) is 4.46. The molecule has 0 spiro atoms. The predicted octanol–water partition coefficient (Wildman–Crippen LogP) is 0.0876. The molecule has 2 unspecified atom stereocenters. The second-order valence-corrected chi connectivity index (χ2v) is 3.47. The first-order chi connectivity index (χ1) is 5.99. The minimum Gasteiger partial charge on any atom is -0.468 e. The lowest BCUT2D eigenvalue weighted by molar-refractivity contribution is -0.142. The van der Waals surface area contributed by atoms with Crippen LogP contribution < -0.4 is 5.32 Å². The number of carbonyl (C=O) groups is 1. The zero-order valence-corrected chi connectivity index (χ0v) is 9.13. The Morgan fingerprint density at radius 2 is 2.00 bits per heavy atom. The largest absolute Gasteiger partial charge is 0.468 e. The van der Waals surface area contributed by atoms with Crippen molar-refractivity contribution in [2.24, 2.45) is 0 Å². The third kappa shape index (κ3) is 4.85. The average Bonchev–Trinajstić information content (AvgIpc) is 2.11. The average molecular weight is 188 g/mol. The fraction of sp³-hybridized carbons (Fsp3) is 0.889. The van der Waals surface area contributed by atoms with Crippen molar-refractivity contribution in [3.63, 3.8) is 0 Å². The van der Waals surface area contributed by atoms with E-state index in [1.54, 1.807) is 6.92 Å². The molecule has 4 heteroatoms. The maximum atomic E-state index is 11.0. The van der Waals surface area contributed by atoms with Crippen molar-refractivity contribution in [3.8, 4) is 0 Å². The molecule has 0 aromatic carbocycles. The summed E-state index contributed by atoms with van der Waals surface area (Å²) >= 11 is 0. The summed E-state index contributed by atoms with van der Waals surface area (Å²) in [5, 5.41) is 3.10. The van der Waals surface area contributed by atoms with E-state index in [1.807, 2.05) is 14.1 Å². The Labute approximate surface area is 80.2 Å². The van der Waals surface area contributed by atoms with Crippen molar-refractivity contribution in [3.05, 3.63) is 0 Å². The summed E-state index contributed by atoms with van der Waals surface area (Å²) in [6.07, 6.45) is 0. The van der Waals surface area contributed by atoms with Gasteiger partial charge in [0.25, 0.3) is 0 Å². The van der Waals surface area contributed by atoms with Gasteiger partial charge in [0, 0.05) is 12.6 Å². The van der Waals surface area contributed by atoms with E-state index < -0.39 is 0 Å². The van der Waals surface area contributed by atoms with Crippen LogP contribution in [0.4, 0.5) is 0 Å². The molecule has 0 fully saturated rings. The molecule has 0 bridgehead atoms. The van der Waals surface area contributed by atoms with Crippen LogP contribution >= 0.6 is 0 Å². The summed E-state index contributed by atoms with van der Waals surface area (Å²) < 4.78 is 4.59. The fourth-order valence-corrected chi connectivity index (χ4v) is 0.790. The standard InChI is InChI=1S/C9H20N2O2/c1-7(11(3)4)6-10-8(2)9(12)13-5/h7-8,10H,6H2,1-5H3. The molecule has 13 heavy (non-hydrogen) atoms. The maximum Gasteiger partial charge on any atom is 0.322 e. The lowest BCUT2D eigenvalue weighted by Gasteiger charge is -2.21. The number of nitrogens with one attached hydrogen (secondary N) is 1. The normalized spacial score (nSPS) is 15.5. The van der Waals surface area contributed by atoms with E-state index in [-0.39, 0.29) is 12.0 Å². The smallest absolute Gasteiger partial charge is 0.322 e. The highest BCUT2D eigenvalue weighted by molar-refractivity contribution is 5.75. The number of rotatable bonds is 5. The van der Waals surface area contributed by atoms with Gasteiger partial charge in [-0.2, -0.15) is 0 Å². The number of nitrogens with zero attached hydrogens (tertiary/aromatic N) is 1. The van der Waals surface area contributed by atoms with Gasteiger partial charge in [-0.3, -0.25) is 4.79 Å². The van der Waals surface area contributed by atoms with Gasteiger partial charge in [-0.15, -0.1) is 0 Å². The minimum absolute atomic E-state index is 0.217. The SMILES string of the molecule is COC(=O)C(C)NCC(C)N(C)C. The van der Waals surface area contributed by atoms with Gasteiger partial charge in [-0.1, -0.05) is 0 Å². The molecular formula is C9H20N2O2. The Kier molecular flexibility index (Phi) is 5.66. The second kappa shape index (κ2) is 5.94. The van der Waals surface area contributed by atoms with E-state index >= 15 is 0 Å². The third-order valence-electron chi connectivity index (χ3n) is 2.16. The molecule has 0 aromatic heterocycles. The van der Waals surface area contributed by atoms with E-state index in [4.69, 9.17) is 0 Å². The number of carbonyl (C=O) groups excluding carboxylic acids is 1. The molecule has 0 aromatic rings. The third-order valence-corrected chi connectivity index (χ3v) is 2.16. The Bertz CT molecular complexity index is 160. The van der Waals surface area contributed by atoms with Crippen molar-refractivity contribution >= 4 is 5.97 Å². The second-order valence-electron chi connectivity index (χ2n) is 3.47. The number of methoxy groups -OCH3 is 1. The molecule has 78 valence electrons. The van der Waals surface area contributed by atoms with Crippen molar-refractivity contribution in [1.29, 1.82) is 0 Å². The van der Waals surface area contributed by atoms with Crippen molar-refractivity contribution in [1.82, 2.24) is 10.2 Å². The van der Waals surface area contributed by atoms with Gasteiger partial charge in [-0.25, -0.2) is 0 Å². The van der Waals surface area contributed by atoms with Gasteiger partial charge >= 0.3 is 5.97 Å². The summed E-state index contributed by atoms with van der Waals surface area (Å²) in [7, 11) is 5.42. The Hall–Kier alpha value is -0.610. The molecule has 0 amide bonds. The van der Waals surface area contributed by atoms with Crippen LogP contribution in [0, 0.1) is 0 Å². The van der Waals surface area contributed by atoms with Crippen LogP contribution in [0.15, 0.2) is 0 Å². The topological polar surface area (TPSA) is 41.6 Å². The van der Waals surface area contributed by atoms with Crippen LogP contribution in [-0.2, 0) is 9.53 Å². The van der Waals surface area contributed by atoms with Crippen LogP contribution in [0.5, 0.6) is 0 Å². The fourth-order valence-electron chi connectivity index (χ4n) is 0.790. The summed E-state index contributed by atoms with van der Waals surface area (Å²) in [6.45, 7) is 4.68. The van der Waals surface area contributed by atoms with Gasteiger partial charge in [0.15, 0.2) is 0 Å². The van der Waals surface area contributed by atoms with Gasteiger partial charge in [0.05, 0.1) is 7.11 Å². The molecule has 0 saturated carbocycles. The van der Waals surface area contributed by atoms with E-state index in [0.717, 1.165) is 6.54 Å². The molecule has 0 aliphatic carbocycles. The van der Waals surface area contributed by atoms with Crippen molar-refractivity contribution in [2.45, 2.75) is 25.9 Å². The highest BCUT2D eigenvalue weighted by Gasteiger charge is 2.13. The van der Waals surface area contributed by atoms with Crippen LogP contribution in [-0.4, -0.2) is 50.7 Å². The minimum atomic E-state index is -0.229. The van der Waals surface area contributed by atoms with Gasteiger partial charge in [-0.05, 0) is 27.9 Å². The molecular weight excluding hydrogens is 168 g/mol. The van der Waals surface area contributed by atoms with Crippen molar-refractivity contribution < 1.29 is 9.53 Å². The zero-order chi connectivity index (χ0) is 10.4. The highest BCUT2D eigenvalue weighted by atomic mass is 16.5. The first kappa shape index (κ1) is 12.4. The number of esters is 1.